The smallest absolute Gasteiger partial charge is 0.240 e. The molecule has 0 aliphatic carbocycles. The summed E-state index contributed by atoms with van der Waals surface area (Å²) in [6, 6.07) is 20.8. The Labute approximate surface area is 166 Å². The zero-order valence-corrected chi connectivity index (χ0v) is 16.3. The van der Waals surface area contributed by atoms with E-state index in [0.717, 1.165) is 25.1 Å². The van der Waals surface area contributed by atoms with Gasteiger partial charge in [0.2, 0.25) is 10.0 Å². The van der Waals surface area contributed by atoms with Crippen LogP contribution >= 0.6 is 0 Å². The van der Waals surface area contributed by atoms with Crippen LogP contribution in [-0.4, -0.2) is 31.4 Å². The number of nitrogens with one attached hydrogen (secondary N) is 1. The molecular weight excluding hydrogens is 370 g/mol. The van der Waals surface area contributed by atoms with Gasteiger partial charge in [-0.3, -0.25) is 9.88 Å². The number of rotatable bonds is 6. The highest BCUT2D eigenvalue weighted by molar-refractivity contribution is 7.89. The maximum absolute atomic E-state index is 12.7. The highest BCUT2D eigenvalue weighted by Crippen LogP contribution is 2.27. The van der Waals surface area contributed by atoms with Gasteiger partial charge in [-0.1, -0.05) is 48.5 Å². The molecule has 1 atom stereocenters. The minimum Gasteiger partial charge on any atom is -0.290 e. The molecule has 1 aliphatic heterocycles. The third-order valence-corrected chi connectivity index (χ3v) is 6.63. The third-order valence-electron chi connectivity index (χ3n) is 5.19. The van der Waals surface area contributed by atoms with Crippen molar-refractivity contribution in [1.29, 1.82) is 0 Å². The second-order valence-electron chi connectivity index (χ2n) is 6.96. The molecule has 144 valence electrons. The molecule has 0 fully saturated rings. The van der Waals surface area contributed by atoms with Crippen LogP contribution in [0.25, 0.3) is 0 Å². The molecule has 2 heterocycles. The van der Waals surface area contributed by atoms with E-state index in [-0.39, 0.29) is 10.9 Å². The van der Waals surface area contributed by atoms with Gasteiger partial charge in [-0.05, 0) is 41.3 Å². The van der Waals surface area contributed by atoms with Gasteiger partial charge in [0.1, 0.15) is 0 Å². The van der Waals surface area contributed by atoms with Gasteiger partial charge >= 0.3 is 0 Å². The monoisotopic (exact) mass is 393 g/mol. The number of hydrogen-bond acceptors (Lipinski definition) is 4. The maximum Gasteiger partial charge on any atom is 0.240 e. The zero-order valence-electron chi connectivity index (χ0n) is 15.5. The third kappa shape index (κ3) is 4.14. The van der Waals surface area contributed by atoms with E-state index in [2.05, 4.69) is 38.9 Å². The van der Waals surface area contributed by atoms with Gasteiger partial charge in [-0.15, -0.1) is 0 Å². The average Bonchev–Trinajstić information content (AvgIpc) is 2.75. The zero-order chi connectivity index (χ0) is 19.4. The van der Waals surface area contributed by atoms with Gasteiger partial charge in [-0.25, -0.2) is 13.1 Å². The molecule has 0 saturated heterocycles. The Hall–Kier alpha value is -2.54. The van der Waals surface area contributed by atoms with E-state index in [1.54, 1.807) is 30.5 Å². The predicted octanol–water partition coefficient (Wildman–Crippen LogP) is 3.16. The van der Waals surface area contributed by atoms with Crippen LogP contribution in [0.4, 0.5) is 0 Å². The fourth-order valence-corrected chi connectivity index (χ4v) is 4.75. The topological polar surface area (TPSA) is 62.3 Å². The number of sulfonamides is 1. The van der Waals surface area contributed by atoms with E-state index in [4.69, 9.17) is 0 Å². The number of benzene rings is 2. The van der Waals surface area contributed by atoms with Crippen LogP contribution in [0.5, 0.6) is 0 Å². The normalized spacial score (nSPS) is 15.7. The quantitative estimate of drug-likeness (QED) is 0.699. The number of pyridine rings is 1. The van der Waals surface area contributed by atoms with Gasteiger partial charge < -0.3 is 0 Å². The van der Waals surface area contributed by atoms with Crippen LogP contribution in [-0.2, 0) is 23.0 Å². The first-order valence-corrected chi connectivity index (χ1v) is 10.9. The largest absolute Gasteiger partial charge is 0.290 e. The van der Waals surface area contributed by atoms with Crippen LogP contribution in [0, 0.1) is 0 Å². The first-order valence-electron chi connectivity index (χ1n) is 9.39. The van der Waals surface area contributed by atoms with Crippen molar-refractivity contribution >= 4 is 10.0 Å². The van der Waals surface area contributed by atoms with Gasteiger partial charge in [0, 0.05) is 32.0 Å². The van der Waals surface area contributed by atoms with Gasteiger partial charge in [0.05, 0.1) is 10.9 Å². The van der Waals surface area contributed by atoms with Crippen molar-refractivity contribution in [3.05, 3.63) is 95.8 Å². The number of aromatic nitrogens is 1. The molecule has 0 bridgehead atoms. The molecule has 0 spiro atoms. The van der Waals surface area contributed by atoms with Crippen molar-refractivity contribution in [3.8, 4) is 0 Å². The van der Waals surface area contributed by atoms with Crippen molar-refractivity contribution in [2.24, 2.45) is 0 Å². The van der Waals surface area contributed by atoms with Crippen molar-refractivity contribution in [1.82, 2.24) is 14.6 Å². The molecule has 3 aromatic rings. The summed E-state index contributed by atoms with van der Waals surface area (Å²) in [5, 5.41) is 0. The van der Waals surface area contributed by atoms with Gasteiger partial charge in [0.25, 0.3) is 0 Å². The summed E-state index contributed by atoms with van der Waals surface area (Å²) in [5.74, 6) is 0. The molecule has 5 nitrogen and oxygen atoms in total. The standard InChI is InChI=1S/C22H23N3O2S/c26-28(27,21-10-2-1-3-11-21)24-16-22(19-9-6-13-23-15-19)25-14-12-18-7-4-5-8-20(18)17-25/h1-11,13,15,22,24H,12,14,16-17H2/t22-/m0/s1. The summed E-state index contributed by atoms with van der Waals surface area (Å²) >= 11 is 0. The Bertz CT molecular complexity index is 1020. The molecule has 6 heteroatoms. The molecular formula is C22H23N3O2S. The lowest BCUT2D eigenvalue weighted by atomic mass is 9.97. The van der Waals surface area contributed by atoms with Crippen molar-refractivity contribution in [2.45, 2.75) is 23.9 Å². The lowest BCUT2D eigenvalue weighted by Crippen LogP contribution is -2.40. The summed E-state index contributed by atoms with van der Waals surface area (Å²) in [4.78, 5) is 6.85. The van der Waals surface area contributed by atoms with Crippen LogP contribution in [0.1, 0.15) is 22.7 Å². The molecule has 0 unspecified atom stereocenters. The summed E-state index contributed by atoms with van der Waals surface area (Å²) in [5.41, 5.74) is 3.68. The minimum atomic E-state index is -3.56. The van der Waals surface area contributed by atoms with Gasteiger partial charge in [-0.2, -0.15) is 0 Å². The van der Waals surface area contributed by atoms with E-state index in [9.17, 15) is 8.42 Å². The first-order chi connectivity index (χ1) is 13.6. The molecule has 1 aliphatic rings. The van der Waals surface area contributed by atoms with Crippen LogP contribution in [0.15, 0.2) is 84.0 Å². The second kappa shape index (κ2) is 8.22. The van der Waals surface area contributed by atoms with Crippen LogP contribution in [0.2, 0.25) is 0 Å². The van der Waals surface area contributed by atoms with E-state index in [1.807, 2.05) is 24.4 Å². The highest BCUT2D eigenvalue weighted by Gasteiger charge is 2.26. The maximum atomic E-state index is 12.7. The lowest BCUT2D eigenvalue weighted by Gasteiger charge is -2.35. The molecule has 0 radical (unpaired) electrons. The van der Waals surface area contributed by atoms with Gasteiger partial charge in [0.15, 0.2) is 0 Å². The Kier molecular flexibility index (Phi) is 5.52. The fraction of sp³-hybridized carbons (Fsp3) is 0.227. The number of fused-ring (bicyclic) bond motifs is 1. The minimum absolute atomic E-state index is 0.0828. The molecule has 1 aromatic heterocycles. The summed E-state index contributed by atoms with van der Waals surface area (Å²) in [6.45, 7) is 1.97. The van der Waals surface area contributed by atoms with Crippen molar-refractivity contribution < 1.29 is 8.42 Å². The van der Waals surface area contributed by atoms with Crippen molar-refractivity contribution in [3.63, 3.8) is 0 Å². The summed E-state index contributed by atoms with van der Waals surface area (Å²) in [6.07, 6.45) is 4.51. The van der Waals surface area contributed by atoms with E-state index in [1.165, 1.54) is 11.1 Å². The lowest BCUT2D eigenvalue weighted by molar-refractivity contribution is 0.180. The number of nitrogens with zero attached hydrogens (tertiary/aromatic N) is 2. The van der Waals surface area contributed by atoms with Crippen LogP contribution in [0.3, 0.4) is 0 Å². The Morgan fingerprint density at radius 3 is 2.46 bits per heavy atom. The predicted molar refractivity (Wildman–Crippen MR) is 109 cm³/mol. The molecule has 28 heavy (non-hydrogen) atoms. The Morgan fingerprint density at radius 1 is 0.964 bits per heavy atom. The van der Waals surface area contributed by atoms with E-state index < -0.39 is 10.0 Å². The van der Waals surface area contributed by atoms with Crippen molar-refractivity contribution in [2.75, 3.05) is 13.1 Å². The Balaban J connectivity index is 1.57. The van der Waals surface area contributed by atoms with E-state index in [0.29, 0.717) is 6.54 Å². The number of hydrogen-bond donors (Lipinski definition) is 1. The summed E-state index contributed by atoms with van der Waals surface area (Å²) < 4.78 is 28.2. The Morgan fingerprint density at radius 2 is 1.71 bits per heavy atom. The van der Waals surface area contributed by atoms with E-state index >= 15 is 0 Å². The average molecular weight is 394 g/mol. The fourth-order valence-electron chi connectivity index (χ4n) is 3.69. The molecule has 1 N–H and O–H groups in total. The molecule has 0 saturated carbocycles. The molecule has 0 amide bonds. The summed E-state index contributed by atoms with van der Waals surface area (Å²) in [7, 11) is -3.56. The van der Waals surface area contributed by atoms with Crippen LogP contribution < -0.4 is 4.72 Å². The first kappa shape index (κ1) is 18.8. The molecule has 2 aromatic carbocycles. The SMILES string of the molecule is O=S(=O)(NC[C@@H](c1cccnc1)N1CCc2ccccc2C1)c1ccccc1. The highest BCUT2D eigenvalue weighted by atomic mass is 32.2. The second-order valence-corrected chi connectivity index (χ2v) is 8.72. The molecule has 4 rings (SSSR count).